The van der Waals surface area contributed by atoms with Crippen molar-refractivity contribution in [2.75, 3.05) is 31.1 Å². The Balaban J connectivity index is 1.64. The lowest BCUT2D eigenvalue weighted by Crippen LogP contribution is -2.35. The van der Waals surface area contributed by atoms with Crippen molar-refractivity contribution in [1.82, 2.24) is 9.88 Å². The Labute approximate surface area is 169 Å². The van der Waals surface area contributed by atoms with Crippen molar-refractivity contribution in [2.24, 2.45) is 0 Å². The zero-order valence-corrected chi connectivity index (χ0v) is 16.3. The summed E-state index contributed by atoms with van der Waals surface area (Å²) in [6.45, 7) is 2.91. The van der Waals surface area contributed by atoms with Crippen molar-refractivity contribution in [3.63, 3.8) is 0 Å². The van der Waals surface area contributed by atoms with Gasteiger partial charge in [-0.1, -0.05) is 0 Å². The number of benzene rings is 1. The Kier molecular flexibility index (Phi) is 5.64. The highest BCUT2D eigenvalue weighted by Gasteiger charge is 2.23. The van der Waals surface area contributed by atoms with Crippen molar-refractivity contribution in [2.45, 2.75) is 32.1 Å². The van der Waals surface area contributed by atoms with E-state index in [2.05, 4.69) is 4.98 Å². The molecule has 0 spiro atoms. The Bertz CT molecular complexity index is 891. The van der Waals surface area contributed by atoms with Gasteiger partial charge in [-0.15, -0.1) is 0 Å². The van der Waals surface area contributed by atoms with Gasteiger partial charge in [0.2, 0.25) is 0 Å². The number of aromatic nitrogens is 1. The van der Waals surface area contributed by atoms with E-state index in [0.717, 1.165) is 51.0 Å². The summed E-state index contributed by atoms with van der Waals surface area (Å²) >= 11 is 0. The van der Waals surface area contributed by atoms with Gasteiger partial charge in [0.1, 0.15) is 0 Å². The largest absolute Gasteiger partial charge is 0.490 e. The first-order valence-corrected chi connectivity index (χ1v) is 10.2. The van der Waals surface area contributed by atoms with Gasteiger partial charge in [0.25, 0.3) is 5.91 Å². The second-order valence-corrected chi connectivity index (χ2v) is 7.46. The number of carboxylic acids is 1. The number of amides is 1. The molecule has 0 aliphatic carbocycles. The van der Waals surface area contributed by atoms with Gasteiger partial charge in [0.05, 0.1) is 17.7 Å². The molecule has 0 saturated carbocycles. The van der Waals surface area contributed by atoms with Crippen LogP contribution in [0.1, 0.15) is 52.8 Å². The van der Waals surface area contributed by atoms with Crippen molar-refractivity contribution in [3.05, 3.63) is 47.7 Å². The average molecular weight is 395 g/mol. The quantitative estimate of drug-likeness (QED) is 0.853. The number of fused-ring (bicyclic) bond motifs is 1. The molecule has 3 heterocycles. The van der Waals surface area contributed by atoms with Crippen LogP contribution in [0.5, 0.6) is 5.75 Å². The van der Waals surface area contributed by atoms with Gasteiger partial charge in [-0.3, -0.25) is 4.79 Å². The summed E-state index contributed by atoms with van der Waals surface area (Å²) in [4.78, 5) is 32.5. The molecule has 2 aromatic rings. The summed E-state index contributed by atoms with van der Waals surface area (Å²) in [5.41, 5.74) is 1.64. The molecule has 1 aromatic heterocycles. The number of rotatable bonds is 3. The number of likely N-dealkylation sites (tertiary alicyclic amines) is 1. The first-order chi connectivity index (χ1) is 14.1. The lowest BCUT2D eigenvalue weighted by atomic mass is 10.1. The molecule has 1 N–H and O–H groups in total. The normalized spacial score (nSPS) is 17.0. The highest BCUT2D eigenvalue weighted by molar-refractivity contribution is 5.95. The maximum Gasteiger partial charge on any atom is 0.335 e. The number of piperidine rings is 1. The number of hydrogen-bond acceptors (Lipinski definition) is 5. The van der Waals surface area contributed by atoms with E-state index >= 15 is 0 Å². The standard InChI is InChI=1S/C22H25N3O4/c26-21(24-10-2-1-3-11-24)17-14-19-20(23-15-17)25(12-4-5-13-29-19)18-8-6-16(7-9-18)22(27)28/h6-9,14-15H,1-5,10-13H2,(H,27,28). The van der Waals surface area contributed by atoms with E-state index in [1.54, 1.807) is 36.5 Å². The van der Waals surface area contributed by atoms with E-state index in [-0.39, 0.29) is 11.5 Å². The third kappa shape index (κ3) is 4.18. The predicted octanol–water partition coefficient (Wildman–Crippen LogP) is 3.72. The predicted molar refractivity (Wildman–Crippen MR) is 109 cm³/mol. The summed E-state index contributed by atoms with van der Waals surface area (Å²) in [6, 6.07) is 8.53. The van der Waals surface area contributed by atoms with E-state index < -0.39 is 5.97 Å². The fourth-order valence-corrected chi connectivity index (χ4v) is 3.84. The second kappa shape index (κ2) is 8.51. The molecule has 4 rings (SSSR count). The van der Waals surface area contributed by atoms with Gasteiger partial charge in [-0.05, 0) is 62.4 Å². The topological polar surface area (TPSA) is 83.0 Å². The highest BCUT2D eigenvalue weighted by Crippen LogP contribution is 2.35. The van der Waals surface area contributed by atoms with Crippen LogP contribution in [0.4, 0.5) is 11.5 Å². The number of ether oxygens (including phenoxy) is 1. The summed E-state index contributed by atoms with van der Waals surface area (Å²) in [6.07, 6.45) is 6.70. The smallest absolute Gasteiger partial charge is 0.335 e. The molecular weight excluding hydrogens is 370 g/mol. The van der Waals surface area contributed by atoms with E-state index in [1.165, 1.54) is 6.42 Å². The minimum atomic E-state index is -0.952. The third-order valence-corrected chi connectivity index (χ3v) is 5.44. The lowest BCUT2D eigenvalue weighted by molar-refractivity contribution is 0.0694. The van der Waals surface area contributed by atoms with Crippen LogP contribution in [0.3, 0.4) is 0 Å². The molecule has 0 atom stereocenters. The van der Waals surface area contributed by atoms with E-state index in [4.69, 9.17) is 9.84 Å². The van der Waals surface area contributed by atoms with Crippen LogP contribution in [-0.4, -0.2) is 53.1 Å². The van der Waals surface area contributed by atoms with Gasteiger partial charge in [0.15, 0.2) is 11.6 Å². The number of carbonyl (C=O) groups is 2. The number of aromatic carboxylic acids is 1. The van der Waals surface area contributed by atoms with Gasteiger partial charge in [0, 0.05) is 31.5 Å². The van der Waals surface area contributed by atoms with Crippen LogP contribution < -0.4 is 9.64 Å². The molecule has 2 aliphatic rings. The molecule has 29 heavy (non-hydrogen) atoms. The zero-order valence-electron chi connectivity index (χ0n) is 16.3. The Morgan fingerprint density at radius 3 is 2.38 bits per heavy atom. The SMILES string of the molecule is O=C(O)c1ccc(N2CCCCOc3cc(C(=O)N4CCCCC4)cnc32)cc1. The fraction of sp³-hybridized carbons (Fsp3) is 0.409. The molecule has 7 heteroatoms. The van der Waals surface area contributed by atoms with Crippen molar-refractivity contribution < 1.29 is 19.4 Å². The highest BCUT2D eigenvalue weighted by atomic mass is 16.5. The van der Waals surface area contributed by atoms with Gasteiger partial charge < -0.3 is 19.6 Å². The van der Waals surface area contributed by atoms with E-state index in [0.29, 0.717) is 23.7 Å². The van der Waals surface area contributed by atoms with Gasteiger partial charge >= 0.3 is 5.97 Å². The minimum Gasteiger partial charge on any atom is -0.490 e. The molecule has 152 valence electrons. The molecule has 1 fully saturated rings. The van der Waals surface area contributed by atoms with Crippen LogP contribution in [-0.2, 0) is 0 Å². The number of nitrogens with zero attached hydrogens (tertiary/aromatic N) is 3. The molecule has 7 nitrogen and oxygen atoms in total. The zero-order chi connectivity index (χ0) is 20.2. The number of pyridine rings is 1. The minimum absolute atomic E-state index is 0.00280. The fourth-order valence-electron chi connectivity index (χ4n) is 3.84. The van der Waals surface area contributed by atoms with Gasteiger partial charge in [-0.2, -0.15) is 0 Å². The molecular formula is C22H25N3O4. The molecule has 1 aromatic carbocycles. The summed E-state index contributed by atoms with van der Waals surface area (Å²) in [7, 11) is 0. The summed E-state index contributed by atoms with van der Waals surface area (Å²) < 4.78 is 5.95. The van der Waals surface area contributed by atoms with Crippen LogP contribution in [0.25, 0.3) is 0 Å². The maximum atomic E-state index is 12.9. The van der Waals surface area contributed by atoms with Crippen LogP contribution in [0.15, 0.2) is 36.5 Å². The first kappa shape index (κ1) is 19.2. The lowest BCUT2D eigenvalue weighted by Gasteiger charge is -2.29. The first-order valence-electron chi connectivity index (χ1n) is 10.2. The Hall–Kier alpha value is -3.09. The third-order valence-electron chi connectivity index (χ3n) is 5.44. The molecule has 1 amide bonds. The van der Waals surface area contributed by atoms with Crippen molar-refractivity contribution >= 4 is 23.4 Å². The van der Waals surface area contributed by atoms with Crippen molar-refractivity contribution in [1.29, 1.82) is 0 Å². The monoisotopic (exact) mass is 395 g/mol. The molecule has 0 radical (unpaired) electrons. The number of hydrogen-bond donors (Lipinski definition) is 1. The number of carbonyl (C=O) groups excluding carboxylic acids is 1. The molecule has 0 bridgehead atoms. The second-order valence-electron chi connectivity index (χ2n) is 7.46. The van der Waals surface area contributed by atoms with Crippen LogP contribution >= 0.6 is 0 Å². The van der Waals surface area contributed by atoms with Gasteiger partial charge in [-0.25, -0.2) is 9.78 Å². The molecule has 1 saturated heterocycles. The van der Waals surface area contributed by atoms with Crippen LogP contribution in [0, 0.1) is 0 Å². The maximum absolute atomic E-state index is 12.9. The Morgan fingerprint density at radius 1 is 0.931 bits per heavy atom. The summed E-state index contributed by atoms with van der Waals surface area (Å²) in [5, 5.41) is 9.13. The molecule has 2 aliphatic heterocycles. The van der Waals surface area contributed by atoms with Crippen molar-refractivity contribution in [3.8, 4) is 5.75 Å². The van der Waals surface area contributed by atoms with E-state index in [9.17, 15) is 9.59 Å². The van der Waals surface area contributed by atoms with E-state index in [1.807, 2.05) is 9.80 Å². The average Bonchev–Trinajstić information content (AvgIpc) is 2.74. The number of anilines is 2. The van der Waals surface area contributed by atoms with Crippen LogP contribution in [0.2, 0.25) is 0 Å². The number of carboxylic acid groups (broad SMARTS) is 1. The summed E-state index contributed by atoms with van der Waals surface area (Å²) in [5.74, 6) is 0.299. The Morgan fingerprint density at radius 2 is 1.66 bits per heavy atom. The molecule has 0 unspecified atom stereocenters.